The number of carbonyl (C=O) groups is 1. The van der Waals surface area contributed by atoms with Gasteiger partial charge < -0.3 is 11.1 Å². The van der Waals surface area contributed by atoms with Crippen LogP contribution < -0.4 is 11.1 Å². The number of amides is 1. The topological polar surface area (TPSA) is 55.1 Å². The molecule has 0 radical (unpaired) electrons. The summed E-state index contributed by atoms with van der Waals surface area (Å²) in [5.74, 6) is 1.49. The van der Waals surface area contributed by atoms with Crippen molar-refractivity contribution in [3.05, 3.63) is 40.4 Å². The molecule has 0 saturated heterocycles. The van der Waals surface area contributed by atoms with Crippen molar-refractivity contribution in [1.82, 2.24) is 5.32 Å². The number of anilines is 1. The van der Waals surface area contributed by atoms with Gasteiger partial charge in [-0.15, -0.1) is 6.58 Å². The van der Waals surface area contributed by atoms with E-state index in [1.807, 2.05) is 6.08 Å². The molecule has 0 heterocycles. The van der Waals surface area contributed by atoms with E-state index in [0.29, 0.717) is 17.8 Å². The first kappa shape index (κ1) is 15.2. The second-order valence-corrected chi connectivity index (χ2v) is 5.42. The van der Waals surface area contributed by atoms with Gasteiger partial charge in [0.05, 0.1) is 15.7 Å². The zero-order valence-electron chi connectivity index (χ0n) is 9.71. The van der Waals surface area contributed by atoms with E-state index in [-0.39, 0.29) is 16.0 Å². The van der Waals surface area contributed by atoms with Gasteiger partial charge in [-0.3, -0.25) is 4.79 Å². The fraction of sp³-hybridized carbons (Fsp3) is 0.250. The third kappa shape index (κ3) is 4.44. The number of hydrogen-bond acceptors (Lipinski definition) is 3. The first-order chi connectivity index (χ1) is 8.56. The zero-order valence-corrected chi connectivity index (χ0v) is 12.0. The van der Waals surface area contributed by atoms with Crippen LogP contribution in [0.3, 0.4) is 0 Å². The summed E-state index contributed by atoms with van der Waals surface area (Å²) in [7, 11) is 0. The van der Waals surface area contributed by atoms with Gasteiger partial charge >= 0.3 is 0 Å². The second kappa shape index (κ2) is 7.56. The molecule has 6 heteroatoms. The van der Waals surface area contributed by atoms with Crippen LogP contribution in [0.4, 0.5) is 5.69 Å². The number of halogens is 2. The Morgan fingerprint density at radius 3 is 2.83 bits per heavy atom. The number of benzene rings is 1. The van der Waals surface area contributed by atoms with Gasteiger partial charge in [0.25, 0.3) is 5.91 Å². The maximum atomic E-state index is 11.8. The highest BCUT2D eigenvalue weighted by Gasteiger charge is 2.10. The van der Waals surface area contributed by atoms with Gasteiger partial charge in [-0.1, -0.05) is 29.3 Å². The Hall–Kier alpha value is -0.840. The average molecular weight is 305 g/mol. The largest absolute Gasteiger partial charge is 0.397 e. The number of hydrogen-bond donors (Lipinski definition) is 2. The van der Waals surface area contributed by atoms with Crippen molar-refractivity contribution in [3.63, 3.8) is 0 Å². The van der Waals surface area contributed by atoms with E-state index in [1.54, 1.807) is 11.8 Å². The van der Waals surface area contributed by atoms with Crippen LogP contribution in [-0.2, 0) is 0 Å². The molecular weight excluding hydrogens is 291 g/mol. The summed E-state index contributed by atoms with van der Waals surface area (Å²) in [6.45, 7) is 4.20. The lowest BCUT2D eigenvalue weighted by atomic mass is 10.2. The van der Waals surface area contributed by atoms with Gasteiger partial charge in [0.2, 0.25) is 0 Å². The molecule has 0 fully saturated rings. The summed E-state index contributed by atoms with van der Waals surface area (Å²) in [6.07, 6.45) is 1.83. The molecule has 3 N–H and O–H groups in total. The van der Waals surface area contributed by atoms with Crippen LogP contribution in [0.15, 0.2) is 24.8 Å². The van der Waals surface area contributed by atoms with Crippen molar-refractivity contribution in [2.45, 2.75) is 0 Å². The van der Waals surface area contributed by atoms with E-state index in [9.17, 15) is 4.79 Å². The van der Waals surface area contributed by atoms with Crippen LogP contribution in [0.5, 0.6) is 0 Å². The summed E-state index contributed by atoms with van der Waals surface area (Å²) in [5, 5.41) is 3.33. The lowest BCUT2D eigenvalue weighted by molar-refractivity contribution is 0.0956. The molecule has 0 atom stereocenters. The lowest BCUT2D eigenvalue weighted by Crippen LogP contribution is -2.25. The Morgan fingerprint density at radius 2 is 2.22 bits per heavy atom. The maximum absolute atomic E-state index is 11.8. The van der Waals surface area contributed by atoms with Crippen molar-refractivity contribution in [3.8, 4) is 0 Å². The van der Waals surface area contributed by atoms with E-state index >= 15 is 0 Å². The molecule has 0 unspecified atom stereocenters. The van der Waals surface area contributed by atoms with Crippen LogP contribution in [0.25, 0.3) is 0 Å². The number of rotatable bonds is 6. The first-order valence-electron chi connectivity index (χ1n) is 5.27. The highest BCUT2D eigenvalue weighted by Crippen LogP contribution is 2.29. The van der Waals surface area contributed by atoms with Gasteiger partial charge in [0.15, 0.2) is 0 Å². The van der Waals surface area contributed by atoms with E-state index in [0.717, 1.165) is 11.5 Å². The monoisotopic (exact) mass is 304 g/mol. The lowest BCUT2D eigenvalue weighted by Gasteiger charge is -2.07. The molecule has 1 amide bonds. The fourth-order valence-electron chi connectivity index (χ4n) is 1.25. The number of nitrogens with one attached hydrogen (secondary N) is 1. The molecule has 0 aliphatic heterocycles. The van der Waals surface area contributed by atoms with Crippen LogP contribution >= 0.6 is 35.0 Å². The summed E-state index contributed by atoms with van der Waals surface area (Å²) in [5.41, 5.74) is 6.36. The number of nitrogen functional groups attached to an aromatic ring is 1. The average Bonchev–Trinajstić information content (AvgIpc) is 2.34. The smallest absolute Gasteiger partial charge is 0.251 e. The van der Waals surface area contributed by atoms with Crippen LogP contribution in [0.2, 0.25) is 10.0 Å². The molecule has 0 spiro atoms. The molecular formula is C12H14Cl2N2OS. The molecule has 1 rings (SSSR count). The van der Waals surface area contributed by atoms with E-state index in [4.69, 9.17) is 28.9 Å². The predicted octanol–water partition coefficient (Wildman–Crippen LogP) is 3.22. The van der Waals surface area contributed by atoms with E-state index in [2.05, 4.69) is 11.9 Å². The Bertz CT molecular complexity index is 429. The molecule has 18 heavy (non-hydrogen) atoms. The standard InChI is InChI=1S/C12H14Cl2N2OS/c1-2-4-18-5-3-16-12(17)8-6-9(13)11(14)10(15)7-8/h2,6-7H,1,3-5,15H2,(H,16,17). The Labute approximate surface area is 121 Å². The SMILES string of the molecule is C=CCSCCNC(=O)c1cc(N)c(Cl)c(Cl)c1. The minimum atomic E-state index is -0.209. The van der Waals surface area contributed by atoms with E-state index in [1.165, 1.54) is 12.1 Å². The van der Waals surface area contributed by atoms with Crippen LogP contribution in [0.1, 0.15) is 10.4 Å². The van der Waals surface area contributed by atoms with Crippen molar-refractivity contribution < 1.29 is 4.79 Å². The third-order valence-electron chi connectivity index (χ3n) is 2.09. The Morgan fingerprint density at radius 1 is 1.50 bits per heavy atom. The minimum absolute atomic E-state index is 0.209. The van der Waals surface area contributed by atoms with Crippen molar-refractivity contribution in [2.24, 2.45) is 0 Å². The number of nitrogens with two attached hydrogens (primary N) is 1. The molecule has 1 aromatic rings. The highest BCUT2D eigenvalue weighted by atomic mass is 35.5. The second-order valence-electron chi connectivity index (χ2n) is 3.48. The normalized spacial score (nSPS) is 10.1. The first-order valence-corrected chi connectivity index (χ1v) is 7.18. The maximum Gasteiger partial charge on any atom is 0.251 e. The number of carbonyl (C=O) groups excluding carboxylic acids is 1. The molecule has 0 aliphatic carbocycles. The molecule has 0 aliphatic rings. The number of thioether (sulfide) groups is 1. The molecule has 0 saturated carbocycles. The molecule has 0 bridgehead atoms. The van der Waals surface area contributed by atoms with Crippen LogP contribution in [-0.4, -0.2) is 24.0 Å². The summed E-state index contributed by atoms with van der Waals surface area (Å²) in [4.78, 5) is 11.8. The van der Waals surface area contributed by atoms with Gasteiger partial charge in [0.1, 0.15) is 0 Å². The third-order valence-corrected chi connectivity index (χ3v) is 3.87. The minimum Gasteiger partial charge on any atom is -0.397 e. The summed E-state index contributed by atoms with van der Waals surface area (Å²) < 4.78 is 0. The van der Waals surface area contributed by atoms with Gasteiger partial charge in [0, 0.05) is 23.6 Å². The van der Waals surface area contributed by atoms with Gasteiger partial charge in [-0.25, -0.2) is 0 Å². The molecule has 3 nitrogen and oxygen atoms in total. The van der Waals surface area contributed by atoms with Gasteiger partial charge in [-0.05, 0) is 12.1 Å². The predicted molar refractivity (Wildman–Crippen MR) is 80.7 cm³/mol. The van der Waals surface area contributed by atoms with E-state index < -0.39 is 0 Å². The molecule has 98 valence electrons. The quantitative estimate of drug-likeness (QED) is 0.482. The zero-order chi connectivity index (χ0) is 13.5. The highest BCUT2D eigenvalue weighted by molar-refractivity contribution is 7.99. The molecule has 0 aromatic heterocycles. The summed E-state index contributed by atoms with van der Waals surface area (Å²) >= 11 is 13.4. The Balaban J connectivity index is 2.54. The van der Waals surface area contributed by atoms with Gasteiger partial charge in [-0.2, -0.15) is 11.8 Å². The van der Waals surface area contributed by atoms with Crippen molar-refractivity contribution >= 4 is 46.6 Å². The Kier molecular flexibility index (Phi) is 6.39. The van der Waals surface area contributed by atoms with Crippen molar-refractivity contribution in [2.75, 3.05) is 23.8 Å². The fourth-order valence-corrected chi connectivity index (χ4v) is 2.16. The molecule has 1 aromatic carbocycles. The van der Waals surface area contributed by atoms with Crippen LogP contribution in [0, 0.1) is 0 Å². The summed E-state index contributed by atoms with van der Waals surface area (Å²) in [6, 6.07) is 3.02. The van der Waals surface area contributed by atoms with Crippen molar-refractivity contribution in [1.29, 1.82) is 0 Å².